The third-order valence-corrected chi connectivity index (χ3v) is 13.8. The third kappa shape index (κ3) is 52.0. The Kier molecular flexibility index (Phi) is 48.8. The molecule has 0 spiro atoms. The fourth-order valence-corrected chi connectivity index (χ4v) is 9.05. The Labute approximate surface area is 422 Å². The van der Waals surface area contributed by atoms with Crippen molar-refractivity contribution in [2.24, 2.45) is 0 Å². The van der Waals surface area contributed by atoms with Crippen LogP contribution < -0.4 is 5.32 Å². The number of phosphoric ester groups is 1. The SMILES string of the molecule is CC/C=C\C/C=C\C/C=C\C/C=C\C/C=C\CCCCCC(=O)NC(COP(=O)(O)OCC[N+](C)(C)C)C(O)CCCCCCCCCCCCCCCCCCCCCCCCCCCCC. The molecule has 0 bridgehead atoms. The van der Waals surface area contributed by atoms with Gasteiger partial charge in [0.2, 0.25) is 5.91 Å². The monoisotopic (exact) mass is 976 g/mol. The maximum Gasteiger partial charge on any atom is 0.472 e. The van der Waals surface area contributed by atoms with Crippen molar-refractivity contribution < 1.29 is 32.9 Å². The maximum atomic E-state index is 13.0. The number of unbranched alkanes of at least 4 members (excludes halogenated alkanes) is 29. The first-order valence-corrected chi connectivity index (χ1v) is 30.1. The van der Waals surface area contributed by atoms with Crippen LogP contribution in [0.2, 0.25) is 0 Å². The first-order chi connectivity index (χ1) is 33.0. The molecule has 0 fully saturated rings. The van der Waals surface area contributed by atoms with E-state index in [2.05, 4.69) is 79.9 Å². The van der Waals surface area contributed by atoms with Gasteiger partial charge >= 0.3 is 7.82 Å². The third-order valence-electron chi connectivity index (χ3n) is 12.8. The number of rotatable bonds is 52. The van der Waals surface area contributed by atoms with Gasteiger partial charge in [-0.25, -0.2) is 4.57 Å². The maximum absolute atomic E-state index is 13.0. The Balaban J connectivity index is 4.19. The van der Waals surface area contributed by atoms with E-state index in [1.807, 2.05) is 21.1 Å². The van der Waals surface area contributed by atoms with Gasteiger partial charge in [0.15, 0.2) is 0 Å². The van der Waals surface area contributed by atoms with E-state index in [0.29, 0.717) is 23.9 Å². The molecule has 0 aromatic rings. The molecule has 0 aliphatic carbocycles. The summed E-state index contributed by atoms with van der Waals surface area (Å²) >= 11 is 0. The lowest BCUT2D eigenvalue weighted by Gasteiger charge is -2.26. The van der Waals surface area contributed by atoms with Crippen LogP contribution in [0, 0.1) is 0 Å². The molecule has 8 nitrogen and oxygen atoms in total. The van der Waals surface area contributed by atoms with Gasteiger partial charge < -0.3 is 19.8 Å². The van der Waals surface area contributed by atoms with Crippen LogP contribution in [0.4, 0.5) is 0 Å². The van der Waals surface area contributed by atoms with E-state index < -0.39 is 20.0 Å². The Morgan fingerprint density at radius 1 is 0.515 bits per heavy atom. The molecule has 0 saturated carbocycles. The fraction of sp³-hybridized carbons (Fsp3) is 0.814. The number of carbonyl (C=O) groups excluding carboxylic acids is 1. The Hall–Kier alpha value is -1.80. The van der Waals surface area contributed by atoms with E-state index in [1.54, 1.807) is 0 Å². The summed E-state index contributed by atoms with van der Waals surface area (Å²) in [6, 6.07) is -0.782. The second-order valence-corrected chi connectivity index (χ2v) is 22.1. The van der Waals surface area contributed by atoms with Crippen molar-refractivity contribution in [1.82, 2.24) is 5.32 Å². The Bertz CT molecular complexity index is 1290. The highest BCUT2D eigenvalue weighted by Crippen LogP contribution is 2.43. The van der Waals surface area contributed by atoms with Gasteiger partial charge in [0.25, 0.3) is 0 Å². The molecule has 9 heteroatoms. The minimum atomic E-state index is -4.34. The van der Waals surface area contributed by atoms with Gasteiger partial charge in [0.05, 0.1) is 39.9 Å². The number of aliphatic hydroxyl groups excluding tert-OH is 1. The zero-order chi connectivity index (χ0) is 49.9. The summed E-state index contributed by atoms with van der Waals surface area (Å²) < 4.78 is 23.8. The predicted octanol–water partition coefficient (Wildman–Crippen LogP) is 17.3. The molecule has 0 saturated heterocycles. The zero-order valence-electron chi connectivity index (χ0n) is 45.3. The molecule has 3 N–H and O–H groups in total. The first-order valence-electron chi connectivity index (χ1n) is 28.7. The molecule has 398 valence electrons. The van der Waals surface area contributed by atoms with Crippen LogP contribution in [0.1, 0.15) is 258 Å². The largest absolute Gasteiger partial charge is 0.472 e. The second kappa shape index (κ2) is 50.2. The lowest BCUT2D eigenvalue weighted by Crippen LogP contribution is -2.46. The quantitative estimate of drug-likeness (QED) is 0.0243. The molecule has 3 unspecified atom stereocenters. The number of quaternary nitrogens is 1. The summed E-state index contributed by atoms with van der Waals surface area (Å²) in [7, 11) is 1.59. The molecule has 0 radical (unpaired) electrons. The number of hydrogen-bond acceptors (Lipinski definition) is 5. The number of carbonyl (C=O) groups is 1. The molecule has 0 aromatic heterocycles. The van der Waals surface area contributed by atoms with Crippen molar-refractivity contribution in [3.05, 3.63) is 60.8 Å². The highest BCUT2D eigenvalue weighted by Gasteiger charge is 2.28. The fourth-order valence-electron chi connectivity index (χ4n) is 8.31. The first kappa shape index (κ1) is 66.2. The van der Waals surface area contributed by atoms with E-state index >= 15 is 0 Å². The number of nitrogens with one attached hydrogen (secondary N) is 1. The van der Waals surface area contributed by atoms with E-state index in [-0.39, 0.29) is 19.1 Å². The minimum absolute atomic E-state index is 0.0656. The van der Waals surface area contributed by atoms with E-state index in [0.717, 1.165) is 77.0 Å². The molecule has 0 aliphatic rings. The molecule has 0 aromatic carbocycles. The highest BCUT2D eigenvalue weighted by molar-refractivity contribution is 7.47. The Morgan fingerprint density at radius 3 is 1.28 bits per heavy atom. The van der Waals surface area contributed by atoms with Crippen LogP contribution in [0.3, 0.4) is 0 Å². The average Bonchev–Trinajstić information content (AvgIpc) is 3.30. The molecule has 0 heterocycles. The van der Waals surface area contributed by atoms with Gasteiger partial charge in [-0.3, -0.25) is 13.8 Å². The number of allylic oxidation sites excluding steroid dienone is 10. The zero-order valence-corrected chi connectivity index (χ0v) is 46.2. The van der Waals surface area contributed by atoms with Crippen molar-refractivity contribution in [3.8, 4) is 0 Å². The van der Waals surface area contributed by atoms with Crippen molar-refractivity contribution in [2.75, 3.05) is 40.9 Å². The van der Waals surface area contributed by atoms with Crippen LogP contribution >= 0.6 is 7.82 Å². The highest BCUT2D eigenvalue weighted by atomic mass is 31.2. The second-order valence-electron chi connectivity index (χ2n) is 20.6. The summed E-state index contributed by atoms with van der Waals surface area (Å²) in [5.41, 5.74) is 0. The van der Waals surface area contributed by atoms with E-state index in [4.69, 9.17) is 9.05 Å². The number of hydrogen-bond donors (Lipinski definition) is 3. The van der Waals surface area contributed by atoms with Crippen LogP contribution in [0.25, 0.3) is 0 Å². The van der Waals surface area contributed by atoms with Gasteiger partial charge in [-0.05, 0) is 57.8 Å². The topological polar surface area (TPSA) is 105 Å². The van der Waals surface area contributed by atoms with Crippen molar-refractivity contribution in [3.63, 3.8) is 0 Å². The number of nitrogens with zero attached hydrogens (tertiary/aromatic N) is 1. The van der Waals surface area contributed by atoms with Crippen molar-refractivity contribution in [1.29, 1.82) is 0 Å². The van der Waals surface area contributed by atoms with Gasteiger partial charge in [-0.1, -0.05) is 254 Å². The molecule has 3 atom stereocenters. The summed E-state index contributed by atoms with van der Waals surface area (Å²) in [6.07, 6.45) is 67.1. The number of aliphatic hydroxyl groups is 1. The number of likely N-dealkylation sites (N-methyl/N-ethyl adjacent to an activating group) is 1. The Morgan fingerprint density at radius 2 is 0.882 bits per heavy atom. The van der Waals surface area contributed by atoms with Gasteiger partial charge in [-0.2, -0.15) is 0 Å². The summed E-state index contributed by atoms with van der Waals surface area (Å²) in [4.78, 5) is 23.3. The smallest absolute Gasteiger partial charge is 0.391 e. The summed E-state index contributed by atoms with van der Waals surface area (Å²) in [5, 5.41) is 14.0. The summed E-state index contributed by atoms with van der Waals surface area (Å²) in [6.45, 7) is 4.77. The average molecular weight is 977 g/mol. The normalized spacial score (nSPS) is 14.4. The lowest BCUT2D eigenvalue weighted by molar-refractivity contribution is -0.870. The molecular formula is C59H112N2O6P+. The van der Waals surface area contributed by atoms with Crippen molar-refractivity contribution >= 4 is 13.7 Å². The minimum Gasteiger partial charge on any atom is -0.391 e. The molecule has 0 aliphatic heterocycles. The summed E-state index contributed by atoms with van der Waals surface area (Å²) in [5.74, 6) is -0.175. The van der Waals surface area contributed by atoms with Crippen LogP contribution in [0.5, 0.6) is 0 Å². The molecular weight excluding hydrogens is 864 g/mol. The van der Waals surface area contributed by atoms with E-state index in [9.17, 15) is 19.4 Å². The van der Waals surface area contributed by atoms with Crippen LogP contribution in [0.15, 0.2) is 60.8 Å². The standard InChI is InChI=1S/C59H111N2O6P/c1-6-8-10-12-14-16-18-20-22-24-26-27-28-29-30-31-32-33-35-36-38-40-42-44-46-48-50-52-58(62)57(56-67-68(64,65)66-55-54-61(3,4)5)60-59(63)53-51-49-47-45-43-41-39-37-34-25-23-21-19-17-15-13-11-9-7-2/h9,11,15,17,21,23,34,37,41,43,57-58,62H,6-8,10,12-14,16,18-20,22,24-33,35-36,38-40,42,44-56H2,1-5H3,(H-,60,63,64,65)/p+1/b11-9-,17-15-,23-21-,37-34-,43-41-. The van der Waals surface area contributed by atoms with Gasteiger partial charge in [0, 0.05) is 6.42 Å². The van der Waals surface area contributed by atoms with E-state index in [1.165, 1.54) is 154 Å². The van der Waals surface area contributed by atoms with Gasteiger partial charge in [0.1, 0.15) is 13.2 Å². The number of phosphoric acid groups is 1. The predicted molar refractivity (Wildman–Crippen MR) is 295 cm³/mol. The molecule has 1 amide bonds. The molecule has 0 rings (SSSR count). The lowest BCUT2D eigenvalue weighted by atomic mass is 10.0. The van der Waals surface area contributed by atoms with Crippen LogP contribution in [-0.2, 0) is 18.4 Å². The number of amides is 1. The van der Waals surface area contributed by atoms with Crippen LogP contribution in [-0.4, -0.2) is 73.4 Å². The van der Waals surface area contributed by atoms with Crippen molar-refractivity contribution in [2.45, 2.75) is 270 Å². The van der Waals surface area contributed by atoms with Gasteiger partial charge in [-0.15, -0.1) is 0 Å². The molecule has 68 heavy (non-hydrogen) atoms.